The molecule has 1 amide bonds. The Kier molecular flexibility index (Phi) is 5.70. The number of aromatic nitrogens is 1. The smallest absolute Gasteiger partial charge is 0.413 e. The number of ether oxygens (including phenoxy) is 1. The van der Waals surface area contributed by atoms with Crippen molar-refractivity contribution in [2.45, 2.75) is 51.7 Å². The van der Waals surface area contributed by atoms with E-state index in [0.717, 1.165) is 0 Å². The van der Waals surface area contributed by atoms with Crippen molar-refractivity contribution in [3.8, 4) is 0 Å². The third-order valence-electron chi connectivity index (χ3n) is 2.70. The van der Waals surface area contributed by atoms with Crippen LogP contribution in [0.2, 0.25) is 5.02 Å². The number of amides is 1. The van der Waals surface area contributed by atoms with E-state index in [9.17, 15) is 18.7 Å². The first-order chi connectivity index (χ1) is 9.98. The molecule has 0 radical (unpaired) electrons. The number of rotatable bonds is 4. The summed E-state index contributed by atoms with van der Waals surface area (Å²) >= 11 is 5.88. The van der Waals surface area contributed by atoms with Gasteiger partial charge in [0.05, 0.1) is 5.02 Å². The minimum absolute atomic E-state index is 0.123. The maximum atomic E-state index is 13.7. The quantitative estimate of drug-likeness (QED) is 0.866. The van der Waals surface area contributed by atoms with Gasteiger partial charge in [-0.2, -0.15) is 0 Å². The van der Waals surface area contributed by atoms with Gasteiger partial charge in [-0.15, -0.1) is 0 Å². The third kappa shape index (κ3) is 4.78. The molecule has 0 aliphatic carbocycles. The standard InChI is InChI=1S/C14H19ClF2N2O3/c1-5-14(16,17)10(20)9-8(15)6-7-18-11(9)19-12(21)22-13(2,3)4/h6-7,10,20H,5H2,1-4H3,(H,18,19,21). The van der Waals surface area contributed by atoms with Gasteiger partial charge in [0.2, 0.25) is 0 Å². The molecule has 1 heterocycles. The van der Waals surface area contributed by atoms with Crippen molar-refractivity contribution in [3.63, 3.8) is 0 Å². The summed E-state index contributed by atoms with van der Waals surface area (Å²) in [5.74, 6) is -3.67. The van der Waals surface area contributed by atoms with E-state index >= 15 is 0 Å². The Labute approximate surface area is 132 Å². The fraction of sp³-hybridized carbons (Fsp3) is 0.571. The van der Waals surface area contributed by atoms with Gasteiger partial charge in [-0.1, -0.05) is 18.5 Å². The van der Waals surface area contributed by atoms with E-state index in [4.69, 9.17) is 16.3 Å². The van der Waals surface area contributed by atoms with Crippen LogP contribution in [0, 0.1) is 0 Å². The highest BCUT2D eigenvalue weighted by Crippen LogP contribution is 2.40. The average Bonchev–Trinajstić information content (AvgIpc) is 2.36. The summed E-state index contributed by atoms with van der Waals surface area (Å²) in [7, 11) is 0. The van der Waals surface area contributed by atoms with Crippen LogP contribution in [0.5, 0.6) is 0 Å². The summed E-state index contributed by atoms with van der Waals surface area (Å²) in [6.45, 7) is 6.19. The minimum Gasteiger partial charge on any atom is -0.444 e. The molecule has 1 unspecified atom stereocenters. The maximum absolute atomic E-state index is 13.7. The zero-order valence-corrected chi connectivity index (χ0v) is 13.5. The predicted octanol–water partition coefficient (Wildman–Crippen LogP) is 4.16. The highest BCUT2D eigenvalue weighted by molar-refractivity contribution is 6.31. The van der Waals surface area contributed by atoms with Crippen molar-refractivity contribution in [2.75, 3.05) is 5.32 Å². The SMILES string of the molecule is CCC(F)(F)C(O)c1c(Cl)ccnc1NC(=O)OC(C)(C)C. The molecule has 8 heteroatoms. The van der Waals surface area contributed by atoms with Gasteiger partial charge in [-0.3, -0.25) is 5.32 Å². The second kappa shape index (κ2) is 6.75. The zero-order chi connectivity index (χ0) is 17.1. The molecule has 0 saturated heterocycles. The van der Waals surface area contributed by atoms with Gasteiger partial charge in [0.1, 0.15) is 17.5 Å². The molecule has 124 valence electrons. The van der Waals surface area contributed by atoms with Crippen LogP contribution in [-0.2, 0) is 4.74 Å². The molecule has 22 heavy (non-hydrogen) atoms. The number of hydrogen-bond acceptors (Lipinski definition) is 4. The van der Waals surface area contributed by atoms with Gasteiger partial charge in [0, 0.05) is 18.2 Å². The number of aliphatic hydroxyl groups excluding tert-OH is 1. The van der Waals surface area contributed by atoms with Crippen LogP contribution in [0.4, 0.5) is 19.4 Å². The predicted molar refractivity (Wildman–Crippen MR) is 79.3 cm³/mol. The van der Waals surface area contributed by atoms with Gasteiger partial charge in [-0.25, -0.2) is 18.6 Å². The van der Waals surface area contributed by atoms with E-state index in [0.29, 0.717) is 0 Å². The van der Waals surface area contributed by atoms with Crippen LogP contribution < -0.4 is 5.32 Å². The number of halogens is 3. The van der Waals surface area contributed by atoms with Crippen molar-refractivity contribution < 1.29 is 23.4 Å². The molecule has 2 N–H and O–H groups in total. The Morgan fingerprint density at radius 2 is 2.09 bits per heavy atom. The van der Waals surface area contributed by atoms with E-state index in [1.54, 1.807) is 20.8 Å². The molecule has 0 aromatic carbocycles. The van der Waals surface area contributed by atoms with E-state index in [1.165, 1.54) is 19.2 Å². The number of carbonyl (C=O) groups excluding carboxylic acids is 1. The molecule has 5 nitrogen and oxygen atoms in total. The van der Waals surface area contributed by atoms with Crippen LogP contribution in [0.3, 0.4) is 0 Å². The summed E-state index contributed by atoms with van der Waals surface area (Å²) in [6.07, 6.45) is -2.43. The number of nitrogens with zero attached hydrogens (tertiary/aromatic N) is 1. The molecule has 0 saturated carbocycles. The second-order valence-electron chi connectivity index (χ2n) is 5.70. The summed E-state index contributed by atoms with van der Waals surface area (Å²) in [6, 6.07) is 1.26. The number of aliphatic hydroxyl groups is 1. The molecule has 1 aromatic rings. The largest absolute Gasteiger partial charge is 0.444 e. The van der Waals surface area contributed by atoms with E-state index in [2.05, 4.69) is 10.3 Å². The molecule has 0 aliphatic rings. The van der Waals surface area contributed by atoms with Crippen LogP contribution in [0.15, 0.2) is 12.3 Å². The van der Waals surface area contributed by atoms with Crippen molar-refractivity contribution in [2.24, 2.45) is 0 Å². The zero-order valence-electron chi connectivity index (χ0n) is 12.8. The van der Waals surface area contributed by atoms with Gasteiger partial charge in [-0.05, 0) is 26.8 Å². The maximum Gasteiger partial charge on any atom is 0.413 e. The fourth-order valence-corrected chi connectivity index (χ4v) is 1.86. The van der Waals surface area contributed by atoms with Crippen LogP contribution >= 0.6 is 11.6 Å². The number of nitrogens with one attached hydrogen (secondary N) is 1. The van der Waals surface area contributed by atoms with Crippen molar-refractivity contribution in [1.82, 2.24) is 4.98 Å². The third-order valence-corrected chi connectivity index (χ3v) is 3.03. The first-order valence-corrected chi connectivity index (χ1v) is 7.06. The van der Waals surface area contributed by atoms with Gasteiger partial charge in [0.15, 0.2) is 0 Å². The number of pyridine rings is 1. The first-order valence-electron chi connectivity index (χ1n) is 6.68. The normalized spacial score (nSPS) is 13.6. The molecule has 0 spiro atoms. The minimum atomic E-state index is -3.41. The highest BCUT2D eigenvalue weighted by Gasteiger charge is 2.40. The molecule has 0 aliphatic heterocycles. The monoisotopic (exact) mass is 336 g/mol. The molecular formula is C14H19ClF2N2O3. The second-order valence-corrected chi connectivity index (χ2v) is 6.11. The first kappa shape index (κ1) is 18.6. The lowest BCUT2D eigenvalue weighted by molar-refractivity contribution is -0.112. The summed E-state index contributed by atoms with van der Waals surface area (Å²) in [4.78, 5) is 15.5. The lowest BCUT2D eigenvalue weighted by Gasteiger charge is -2.24. The number of alkyl halides is 2. The fourth-order valence-electron chi connectivity index (χ4n) is 1.61. The molecule has 1 aromatic heterocycles. The molecule has 1 atom stereocenters. The van der Waals surface area contributed by atoms with E-state index < -0.39 is 30.1 Å². The lowest BCUT2D eigenvalue weighted by Crippen LogP contribution is -2.30. The molecule has 0 fully saturated rings. The van der Waals surface area contributed by atoms with Crippen LogP contribution in [0.1, 0.15) is 45.8 Å². The highest BCUT2D eigenvalue weighted by atomic mass is 35.5. The summed E-state index contributed by atoms with van der Waals surface area (Å²) < 4.78 is 32.5. The van der Waals surface area contributed by atoms with Crippen molar-refractivity contribution in [3.05, 3.63) is 22.8 Å². The Hall–Kier alpha value is -1.47. The summed E-state index contributed by atoms with van der Waals surface area (Å²) in [5, 5.41) is 12.0. The van der Waals surface area contributed by atoms with Crippen molar-refractivity contribution in [1.29, 1.82) is 0 Å². The average molecular weight is 337 g/mol. The Morgan fingerprint density at radius 1 is 1.50 bits per heavy atom. The summed E-state index contributed by atoms with van der Waals surface area (Å²) in [5.41, 5.74) is -1.11. The Balaban J connectivity index is 3.12. The van der Waals surface area contributed by atoms with Crippen molar-refractivity contribution >= 4 is 23.5 Å². The van der Waals surface area contributed by atoms with Crippen LogP contribution in [0.25, 0.3) is 0 Å². The van der Waals surface area contributed by atoms with E-state index in [-0.39, 0.29) is 16.4 Å². The molecule has 1 rings (SSSR count). The van der Waals surface area contributed by atoms with Gasteiger partial charge >= 0.3 is 6.09 Å². The van der Waals surface area contributed by atoms with E-state index in [1.807, 2.05) is 0 Å². The molecule has 0 bridgehead atoms. The van der Waals surface area contributed by atoms with Gasteiger partial charge in [0.25, 0.3) is 5.92 Å². The van der Waals surface area contributed by atoms with Crippen LogP contribution in [-0.4, -0.2) is 27.7 Å². The van der Waals surface area contributed by atoms with Gasteiger partial charge < -0.3 is 9.84 Å². The number of anilines is 1. The lowest BCUT2D eigenvalue weighted by atomic mass is 10.0. The molecular weight excluding hydrogens is 318 g/mol. The Bertz CT molecular complexity index is 547. The topological polar surface area (TPSA) is 71.5 Å². The number of hydrogen-bond donors (Lipinski definition) is 2. The number of carbonyl (C=O) groups is 1. The Morgan fingerprint density at radius 3 is 2.59 bits per heavy atom.